The van der Waals surface area contributed by atoms with E-state index in [0.29, 0.717) is 5.75 Å². The Labute approximate surface area is 147 Å². The van der Waals surface area contributed by atoms with Crippen molar-refractivity contribution in [2.24, 2.45) is 0 Å². The Hall–Kier alpha value is -2.57. The lowest BCUT2D eigenvalue weighted by Crippen LogP contribution is -2.45. The lowest BCUT2D eigenvalue weighted by molar-refractivity contribution is -0.150. The predicted octanol–water partition coefficient (Wildman–Crippen LogP) is 1.99. The minimum Gasteiger partial charge on any atom is -0.481 e. The number of esters is 1. The van der Waals surface area contributed by atoms with E-state index in [-0.39, 0.29) is 12.6 Å². The van der Waals surface area contributed by atoms with Crippen molar-refractivity contribution in [3.63, 3.8) is 0 Å². The van der Waals surface area contributed by atoms with E-state index >= 15 is 0 Å². The molecule has 136 valence electrons. The predicted molar refractivity (Wildman–Crippen MR) is 91.3 cm³/mol. The summed E-state index contributed by atoms with van der Waals surface area (Å²) in [6.07, 6.45) is 4.01. The number of hydrogen-bond donors (Lipinski definition) is 2. The molecule has 0 atom stereocenters. The van der Waals surface area contributed by atoms with Crippen LogP contribution in [-0.4, -0.2) is 37.2 Å². The van der Waals surface area contributed by atoms with Crippen molar-refractivity contribution in [1.82, 2.24) is 10.6 Å². The molecule has 0 saturated heterocycles. The quantitative estimate of drug-likeness (QED) is 0.767. The standard InChI is InChI=1S/C18H24N2O5/c1-12-6-5-7-13(2)17(12)25-11-16(22)24-10-15(21)20-18(23)19-14-8-3-4-9-14/h5-7,14H,3-4,8-11H2,1-2H3,(H2,19,20,21,23). The SMILES string of the molecule is Cc1cccc(C)c1OCC(=O)OCC(=O)NC(=O)NC1CCCC1. The summed E-state index contributed by atoms with van der Waals surface area (Å²) in [7, 11) is 0. The number of benzene rings is 1. The van der Waals surface area contributed by atoms with Crippen LogP contribution in [0.4, 0.5) is 4.79 Å². The molecule has 1 aliphatic rings. The van der Waals surface area contributed by atoms with E-state index in [9.17, 15) is 14.4 Å². The van der Waals surface area contributed by atoms with Crippen molar-refractivity contribution in [2.75, 3.05) is 13.2 Å². The van der Waals surface area contributed by atoms with Crippen LogP contribution in [0.2, 0.25) is 0 Å². The third kappa shape index (κ3) is 6.10. The van der Waals surface area contributed by atoms with Crippen LogP contribution < -0.4 is 15.4 Å². The second-order valence-corrected chi connectivity index (χ2v) is 6.17. The van der Waals surface area contributed by atoms with Crippen molar-refractivity contribution in [3.05, 3.63) is 29.3 Å². The lowest BCUT2D eigenvalue weighted by atomic mass is 10.1. The topological polar surface area (TPSA) is 93.7 Å². The minimum absolute atomic E-state index is 0.112. The van der Waals surface area contributed by atoms with Crippen molar-refractivity contribution >= 4 is 17.9 Å². The molecule has 7 nitrogen and oxygen atoms in total. The summed E-state index contributed by atoms with van der Waals surface area (Å²) in [6.45, 7) is 2.94. The van der Waals surface area contributed by atoms with Gasteiger partial charge in [0.15, 0.2) is 13.2 Å². The fourth-order valence-corrected chi connectivity index (χ4v) is 2.80. The summed E-state index contributed by atoms with van der Waals surface area (Å²) in [5.41, 5.74) is 1.82. The number of nitrogens with one attached hydrogen (secondary N) is 2. The van der Waals surface area contributed by atoms with Crippen molar-refractivity contribution in [1.29, 1.82) is 0 Å². The van der Waals surface area contributed by atoms with Gasteiger partial charge in [-0.15, -0.1) is 0 Å². The van der Waals surface area contributed by atoms with Gasteiger partial charge in [0.05, 0.1) is 0 Å². The normalized spacial score (nSPS) is 14.0. The summed E-state index contributed by atoms with van der Waals surface area (Å²) >= 11 is 0. The number of ether oxygens (including phenoxy) is 2. The van der Waals surface area contributed by atoms with Gasteiger partial charge in [-0.05, 0) is 37.8 Å². The number of aryl methyl sites for hydroxylation is 2. The lowest BCUT2D eigenvalue weighted by Gasteiger charge is -2.13. The van der Waals surface area contributed by atoms with Crippen LogP contribution in [0.5, 0.6) is 5.75 Å². The Morgan fingerprint density at radius 2 is 1.72 bits per heavy atom. The Morgan fingerprint density at radius 1 is 1.08 bits per heavy atom. The molecule has 1 saturated carbocycles. The van der Waals surface area contributed by atoms with Crippen LogP contribution >= 0.6 is 0 Å². The maximum Gasteiger partial charge on any atom is 0.344 e. The number of carbonyl (C=O) groups excluding carboxylic acids is 3. The van der Waals surface area contributed by atoms with Gasteiger partial charge in [-0.2, -0.15) is 0 Å². The third-order valence-corrected chi connectivity index (χ3v) is 4.05. The van der Waals surface area contributed by atoms with E-state index < -0.39 is 24.5 Å². The monoisotopic (exact) mass is 348 g/mol. The zero-order valence-electron chi connectivity index (χ0n) is 14.6. The molecule has 0 aliphatic heterocycles. The van der Waals surface area contributed by atoms with Crippen LogP contribution in [-0.2, 0) is 14.3 Å². The second-order valence-electron chi connectivity index (χ2n) is 6.17. The average Bonchev–Trinajstić information content (AvgIpc) is 3.05. The van der Waals surface area contributed by atoms with Crippen LogP contribution in [0.3, 0.4) is 0 Å². The first-order valence-corrected chi connectivity index (χ1v) is 8.40. The Balaban J connectivity index is 1.67. The molecule has 0 aromatic heterocycles. The van der Waals surface area contributed by atoms with E-state index in [0.717, 1.165) is 36.8 Å². The molecular weight excluding hydrogens is 324 g/mol. The van der Waals surface area contributed by atoms with Gasteiger partial charge in [-0.25, -0.2) is 9.59 Å². The second kappa shape index (κ2) is 9.05. The van der Waals surface area contributed by atoms with Crippen LogP contribution in [0.25, 0.3) is 0 Å². The zero-order valence-corrected chi connectivity index (χ0v) is 14.6. The maximum atomic E-state index is 11.7. The summed E-state index contributed by atoms with van der Waals surface area (Å²) in [6, 6.07) is 5.21. The van der Waals surface area contributed by atoms with E-state index in [1.54, 1.807) is 0 Å². The van der Waals surface area contributed by atoms with Gasteiger partial charge in [0.1, 0.15) is 5.75 Å². The van der Waals surface area contributed by atoms with Gasteiger partial charge in [-0.1, -0.05) is 31.0 Å². The Bertz CT molecular complexity index is 618. The van der Waals surface area contributed by atoms with Crippen LogP contribution in [0.15, 0.2) is 18.2 Å². The molecule has 0 heterocycles. The number of carbonyl (C=O) groups is 3. The summed E-state index contributed by atoms with van der Waals surface area (Å²) < 4.78 is 10.3. The highest BCUT2D eigenvalue weighted by Gasteiger charge is 2.18. The average molecular weight is 348 g/mol. The summed E-state index contributed by atoms with van der Waals surface area (Å²) in [5, 5.41) is 4.87. The molecule has 1 aliphatic carbocycles. The van der Waals surface area contributed by atoms with Crippen LogP contribution in [0.1, 0.15) is 36.8 Å². The molecule has 2 rings (SSSR count). The number of amides is 3. The summed E-state index contributed by atoms with van der Waals surface area (Å²) in [4.78, 5) is 34.9. The Morgan fingerprint density at radius 3 is 2.36 bits per heavy atom. The van der Waals surface area contributed by atoms with E-state index in [1.165, 1.54) is 0 Å². The maximum absolute atomic E-state index is 11.7. The number of imide groups is 1. The highest BCUT2D eigenvalue weighted by molar-refractivity contribution is 5.95. The van der Waals surface area contributed by atoms with E-state index in [4.69, 9.17) is 9.47 Å². The molecule has 0 unspecified atom stereocenters. The minimum atomic E-state index is -0.672. The highest BCUT2D eigenvalue weighted by atomic mass is 16.6. The van der Waals surface area contributed by atoms with E-state index in [2.05, 4.69) is 10.6 Å². The molecular formula is C18H24N2O5. The number of rotatable bonds is 6. The van der Waals surface area contributed by atoms with Gasteiger partial charge >= 0.3 is 12.0 Å². The molecule has 25 heavy (non-hydrogen) atoms. The Kier molecular flexibility index (Phi) is 6.80. The van der Waals surface area contributed by atoms with Crippen LogP contribution in [0, 0.1) is 13.8 Å². The third-order valence-electron chi connectivity index (χ3n) is 4.05. The molecule has 0 bridgehead atoms. The van der Waals surface area contributed by atoms with Crippen molar-refractivity contribution in [2.45, 2.75) is 45.6 Å². The molecule has 1 fully saturated rings. The molecule has 1 aromatic carbocycles. The number of hydrogen-bond acceptors (Lipinski definition) is 5. The summed E-state index contributed by atoms with van der Waals surface area (Å²) in [5.74, 6) is -0.718. The fraction of sp³-hybridized carbons (Fsp3) is 0.500. The molecule has 0 spiro atoms. The zero-order chi connectivity index (χ0) is 18.2. The van der Waals surface area contributed by atoms with Gasteiger partial charge in [0.25, 0.3) is 5.91 Å². The first-order chi connectivity index (χ1) is 12.0. The smallest absolute Gasteiger partial charge is 0.344 e. The van der Waals surface area contributed by atoms with Gasteiger partial charge < -0.3 is 14.8 Å². The largest absolute Gasteiger partial charge is 0.481 e. The number of para-hydroxylation sites is 1. The van der Waals surface area contributed by atoms with Crippen molar-refractivity contribution < 1.29 is 23.9 Å². The van der Waals surface area contributed by atoms with Crippen molar-refractivity contribution in [3.8, 4) is 5.75 Å². The molecule has 2 N–H and O–H groups in total. The molecule has 7 heteroatoms. The van der Waals surface area contributed by atoms with Gasteiger partial charge in [0.2, 0.25) is 0 Å². The molecule has 1 aromatic rings. The fourth-order valence-electron chi connectivity index (χ4n) is 2.80. The molecule has 0 radical (unpaired) electrons. The number of urea groups is 1. The van der Waals surface area contributed by atoms with Gasteiger partial charge in [0, 0.05) is 6.04 Å². The van der Waals surface area contributed by atoms with E-state index in [1.807, 2.05) is 32.0 Å². The highest BCUT2D eigenvalue weighted by Crippen LogP contribution is 2.22. The first-order valence-electron chi connectivity index (χ1n) is 8.40. The first kappa shape index (κ1) is 18.8. The molecule has 3 amide bonds. The van der Waals surface area contributed by atoms with Gasteiger partial charge in [-0.3, -0.25) is 10.1 Å².